The second-order valence-corrected chi connectivity index (χ2v) is 10.3. The molecule has 0 radical (unpaired) electrons. The number of aromatic nitrogens is 1. The van der Waals surface area contributed by atoms with Crippen LogP contribution in [0, 0.1) is 0 Å². The molecule has 1 aromatic rings. The standard InChI is InChI=1S/C30H41FN6O3/c1-6-29(38)33-24-18-25(28(39-7-2)19-27(24)40-17-16-36(4)5)35-30(3)32-14-12-23(34-30)22-20-37(15-13-31)26-11-9-8-10-21(22)26/h6,9,11-12,14,18,20,27,34-35H,1,7-8,10,13,15-17,19H2,2-5H3,(H,33,38). The number of hydrogen-bond donors (Lipinski definition) is 3. The number of amides is 1. The number of allylic oxidation sites excluding steroid dienone is 3. The van der Waals surface area contributed by atoms with Crippen molar-refractivity contribution in [2.24, 2.45) is 4.99 Å². The van der Waals surface area contributed by atoms with E-state index < -0.39 is 12.5 Å². The zero-order valence-corrected chi connectivity index (χ0v) is 23.9. The van der Waals surface area contributed by atoms with Crippen molar-refractivity contribution in [1.82, 2.24) is 25.4 Å². The molecule has 0 bridgehead atoms. The van der Waals surface area contributed by atoms with E-state index in [-0.39, 0.29) is 12.0 Å². The molecule has 0 saturated heterocycles. The van der Waals surface area contributed by atoms with Gasteiger partial charge in [0.2, 0.25) is 11.7 Å². The van der Waals surface area contributed by atoms with Gasteiger partial charge in [0, 0.05) is 48.0 Å². The highest BCUT2D eigenvalue weighted by molar-refractivity contribution is 5.89. The van der Waals surface area contributed by atoms with E-state index >= 15 is 0 Å². The Labute approximate surface area is 236 Å². The molecule has 10 heteroatoms. The minimum absolute atomic E-state index is 0.312. The van der Waals surface area contributed by atoms with Crippen LogP contribution in [0.3, 0.4) is 0 Å². The summed E-state index contributed by atoms with van der Waals surface area (Å²) in [7, 11) is 3.97. The number of aliphatic imine (C=N–C) groups is 1. The summed E-state index contributed by atoms with van der Waals surface area (Å²) in [5.74, 6) is -0.502. The van der Waals surface area contributed by atoms with Gasteiger partial charge in [0.05, 0.1) is 25.5 Å². The number of alkyl halides is 1. The lowest BCUT2D eigenvalue weighted by molar-refractivity contribution is -0.116. The molecule has 1 aliphatic heterocycles. The van der Waals surface area contributed by atoms with Gasteiger partial charge in [-0.15, -0.1) is 0 Å². The molecule has 9 nitrogen and oxygen atoms in total. The third-order valence-corrected chi connectivity index (χ3v) is 6.96. The van der Waals surface area contributed by atoms with Gasteiger partial charge in [0.25, 0.3) is 0 Å². The molecule has 0 spiro atoms. The third kappa shape index (κ3) is 6.92. The lowest BCUT2D eigenvalue weighted by Crippen LogP contribution is -2.53. The Morgan fingerprint density at radius 1 is 1.43 bits per heavy atom. The fourth-order valence-electron chi connectivity index (χ4n) is 5.05. The van der Waals surface area contributed by atoms with Crippen LogP contribution < -0.4 is 16.0 Å². The highest BCUT2D eigenvalue weighted by Crippen LogP contribution is 2.32. The minimum atomic E-state index is -0.913. The third-order valence-electron chi connectivity index (χ3n) is 6.96. The second kappa shape index (κ2) is 13.1. The Bertz CT molecular complexity index is 1260. The van der Waals surface area contributed by atoms with Crippen LogP contribution >= 0.6 is 0 Å². The van der Waals surface area contributed by atoms with E-state index in [0.29, 0.717) is 37.6 Å². The van der Waals surface area contributed by atoms with Crippen molar-refractivity contribution >= 4 is 23.9 Å². The van der Waals surface area contributed by atoms with Crippen LogP contribution in [0.25, 0.3) is 11.8 Å². The quantitative estimate of drug-likeness (QED) is 0.325. The molecule has 1 aromatic heterocycles. The predicted molar refractivity (Wildman–Crippen MR) is 157 cm³/mol. The number of likely N-dealkylation sites (N-methyl/N-ethyl adjacent to an activating group) is 1. The first-order chi connectivity index (χ1) is 19.3. The van der Waals surface area contributed by atoms with Gasteiger partial charge >= 0.3 is 0 Å². The maximum atomic E-state index is 13.3. The largest absolute Gasteiger partial charge is 0.496 e. The summed E-state index contributed by atoms with van der Waals surface area (Å²) in [6.45, 7) is 9.08. The number of hydrogen-bond acceptors (Lipinski definition) is 7. The molecular formula is C30H41FN6O3. The molecule has 216 valence electrons. The molecule has 2 unspecified atom stereocenters. The smallest absolute Gasteiger partial charge is 0.247 e. The Morgan fingerprint density at radius 2 is 2.25 bits per heavy atom. The minimum Gasteiger partial charge on any atom is -0.496 e. The van der Waals surface area contributed by atoms with E-state index in [1.165, 1.54) is 11.6 Å². The predicted octanol–water partition coefficient (Wildman–Crippen LogP) is 3.48. The fourth-order valence-corrected chi connectivity index (χ4v) is 5.05. The van der Waals surface area contributed by atoms with Gasteiger partial charge < -0.3 is 34.9 Å². The molecule has 2 aliphatic carbocycles. The van der Waals surface area contributed by atoms with Crippen LogP contribution in [-0.2, 0) is 27.2 Å². The maximum absolute atomic E-state index is 13.3. The van der Waals surface area contributed by atoms with Crippen molar-refractivity contribution in [2.75, 3.05) is 40.5 Å². The molecule has 2 atom stereocenters. The van der Waals surface area contributed by atoms with Gasteiger partial charge in [-0.25, -0.2) is 9.38 Å². The molecule has 0 saturated carbocycles. The van der Waals surface area contributed by atoms with Crippen LogP contribution in [-0.4, -0.2) is 74.0 Å². The maximum Gasteiger partial charge on any atom is 0.247 e. The lowest BCUT2D eigenvalue weighted by Gasteiger charge is -2.36. The summed E-state index contributed by atoms with van der Waals surface area (Å²) in [4.78, 5) is 19.0. The Balaban J connectivity index is 1.60. The van der Waals surface area contributed by atoms with Crippen molar-refractivity contribution in [3.8, 4) is 0 Å². The number of carbonyl (C=O) groups is 1. The van der Waals surface area contributed by atoms with Crippen molar-refractivity contribution in [3.63, 3.8) is 0 Å². The summed E-state index contributed by atoms with van der Waals surface area (Å²) < 4.78 is 27.4. The molecule has 2 heterocycles. The summed E-state index contributed by atoms with van der Waals surface area (Å²) in [6.07, 6.45) is 14.9. The van der Waals surface area contributed by atoms with Crippen LogP contribution in [0.4, 0.5) is 4.39 Å². The number of rotatable bonds is 13. The van der Waals surface area contributed by atoms with Gasteiger partial charge in [0.15, 0.2) is 0 Å². The monoisotopic (exact) mass is 552 g/mol. The number of ether oxygens (including phenoxy) is 2. The Hall–Kier alpha value is -3.63. The van der Waals surface area contributed by atoms with E-state index in [2.05, 4.69) is 34.7 Å². The summed E-state index contributed by atoms with van der Waals surface area (Å²) >= 11 is 0. The highest BCUT2D eigenvalue weighted by Gasteiger charge is 2.33. The second-order valence-electron chi connectivity index (χ2n) is 10.3. The van der Waals surface area contributed by atoms with Gasteiger partial charge in [-0.3, -0.25) is 4.79 Å². The van der Waals surface area contributed by atoms with E-state index in [1.54, 1.807) is 6.21 Å². The van der Waals surface area contributed by atoms with E-state index in [4.69, 9.17) is 14.5 Å². The molecule has 40 heavy (non-hydrogen) atoms. The number of halogens is 1. The van der Waals surface area contributed by atoms with Crippen LogP contribution in [0.15, 0.2) is 59.2 Å². The number of nitrogens with zero attached hydrogens (tertiary/aromatic N) is 3. The van der Waals surface area contributed by atoms with Crippen molar-refractivity contribution in [1.29, 1.82) is 0 Å². The van der Waals surface area contributed by atoms with Crippen molar-refractivity contribution < 1.29 is 18.7 Å². The summed E-state index contributed by atoms with van der Waals surface area (Å²) in [5, 5.41) is 9.96. The van der Waals surface area contributed by atoms with Crippen LogP contribution in [0.2, 0.25) is 0 Å². The number of carbonyl (C=O) groups excluding carboxylic acids is 1. The van der Waals surface area contributed by atoms with Gasteiger partial charge in [-0.1, -0.05) is 12.7 Å². The Kier molecular flexibility index (Phi) is 9.65. The zero-order valence-electron chi connectivity index (χ0n) is 23.9. The number of fused-ring (bicyclic) bond motifs is 1. The molecular weight excluding hydrogens is 511 g/mol. The van der Waals surface area contributed by atoms with E-state index in [1.807, 2.05) is 55.8 Å². The number of aryl methyl sites for hydroxylation is 1. The molecule has 0 aromatic carbocycles. The SMILES string of the molecule is C=CC(=O)NC1=CC(NC2(C)N=CC=C(c3cn(CCF)c4c3CCC=C4)N2)=C(OCC)CC1OCCN(C)C. The first-order valence-corrected chi connectivity index (χ1v) is 13.8. The van der Waals surface area contributed by atoms with Gasteiger partial charge in [0.1, 0.15) is 18.5 Å². The Morgan fingerprint density at radius 3 is 2.98 bits per heavy atom. The van der Waals surface area contributed by atoms with Crippen LogP contribution in [0.5, 0.6) is 0 Å². The molecule has 1 amide bonds. The highest BCUT2D eigenvalue weighted by atomic mass is 19.1. The summed E-state index contributed by atoms with van der Waals surface area (Å²) in [6, 6.07) is 0. The topological polar surface area (TPSA) is 92.2 Å². The average molecular weight is 553 g/mol. The molecule has 3 aliphatic rings. The fraction of sp³-hybridized carbons (Fsp3) is 0.467. The van der Waals surface area contributed by atoms with Crippen LogP contribution in [0.1, 0.15) is 43.5 Å². The van der Waals surface area contributed by atoms with Crippen molar-refractivity contribution in [3.05, 3.63) is 71.1 Å². The molecule has 4 rings (SSSR count). The summed E-state index contributed by atoms with van der Waals surface area (Å²) in [5.41, 5.74) is 5.51. The van der Waals surface area contributed by atoms with Gasteiger partial charge in [-0.05, 0) is 70.7 Å². The normalized spacial score (nSPS) is 21.9. The molecule has 3 N–H and O–H groups in total. The average Bonchev–Trinajstić information content (AvgIpc) is 3.29. The first kappa shape index (κ1) is 29.4. The zero-order chi connectivity index (χ0) is 28.7. The lowest BCUT2D eigenvalue weighted by atomic mass is 9.98. The van der Waals surface area contributed by atoms with E-state index in [9.17, 15) is 9.18 Å². The first-order valence-electron chi connectivity index (χ1n) is 13.8. The van der Waals surface area contributed by atoms with Gasteiger partial charge in [-0.2, -0.15) is 0 Å². The van der Waals surface area contributed by atoms with E-state index in [0.717, 1.165) is 42.1 Å². The van der Waals surface area contributed by atoms with Crippen molar-refractivity contribution in [2.45, 2.75) is 51.5 Å². The molecule has 0 fully saturated rings. The number of nitrogens with one attached hydrogen (secondary N) is 3.